The Kier molecular flexibility index (Phi) is 5.49. The number of hydrogen-bond acceptors (Lipinski definition) is 3. The van der Waals surface area contributed by atoms with Crippen LogP contribution in [0.5, 0.6) is 0 Å². The van der Waals surface area contributed by atoms with E-state index in [-0.39, 0.29) is 0 Å². The van der Waals surface area contributed by atoms with Crippen molar-refractivity contribution < 1.29 is 0 Å². The Morgan fingerprint density at radius 1 is 1.35 bits per heavy atom. The van der Waals surface area contributed by atoms with E-state index in [4.69, 9.17) is 0 Å². The molecular weight excluding hydrogens is 228 g/mol. The van der Waals surface area contributed by atoms with E-state index >= 15 is 0 Å². The molecule has 1 heterocycles. The summed E-state index contributed by atoms with van der Waals surface area (Å²) in [5.74, 6) is 0. The van der Waals surface area contributed by atoms with Crippen LogP contribution >= 0.6 is 11.3 Å². The Morgan fingerprint density at radius 2 is 2.24 bits per heavy atom. The average Bonchev–Trinajstić information content (AvgIpc) is 3.00. The highest BCUT2D eigenvalue weighted by molar-refractivity contribution is 7.09. The number of aryl methyl sites for hydroxylation is 1. The maximum Gasteiger partial charge on any atom is 0.0104 e. The van der Waals surface area contributed by atoms with Crippen molar-refractivity contribution in [1.82, 2.24) is 10.2 Å². The first kappa shape index (κ1) is 13.1. The summed E-state index contributed by atoms with van der Waals surface area (Å²) < 4.78 is 0. The number of hydrogen-bond donors (Lipinski definition) is 1. The Morgan fingerprint density at radius 3 is 2.94 bits per heavy atom. The molecule has 0 aliphatic heterocycles. The SMILES string of the molecule is CN(CCCCc1cccs1)CCNC1CC1. The molecular formula is C14H24N2S. The second-order valence-corrected chi connectivity index (χ2v) is 6.10. The van der Waals surface area contributed by atoms with Gasteiger partial charge in [0.05, 0.1) is 0 Å². The summed E-state index contributed by atoms with van der Waals surface area (Å²) in [5, 5.41) is 5.73. The van der Waals surface area contributed by atoms with Gasteiger partial charge in [-0.25, -0.2) is 0 Å². The van der Waals surface area contributed by atoms with E-state index in [0.717, 1.165) is 12.6 Å². The fraction of sp³-hybridized carbons (Fsp3) is 0.714. The van der Waals surface area contributed by atoms with Gasteiger partial charge in [-0.05, 0) is 57.1 Å². The third-order valence-electron chi connectivity index (χ3n) is 3.30. The Balaban J connectivity index is 1.43. The molecule has 0 aromatic carbocycles. The normalized spacial score (nSPS) is 15.6. The number of unbranched alkanes of at least 4 members (excludes halogenated alkanes) is 1. The van der Waals surface area contributed by atoms with Gasteiger partial charge in [-0.15, -0.1) is 11.3 Å². The van der Waals surface area contributed by atoms with Crippen LogP contribution in [-0.4, -0.2) is 37.6 Å². The summed E-state index contributed by atoms with van der Waals surface area (Å²) in [7, 11) is 2.24. The van der Waals surface area contributed by atoms with Crippen molar-refractivity contribution in [2.75, 3.05) is 26.7 Å². The molecule has 1 aromatic heterocycles. The van der Waals surface area contributed by atoms with Gasteiger partial charge in [-0.3, -0.25) is 0 Å². The van der Waals surface area contributed by atoms with Gasteiger partial charge in [0.25, 0.3) is 0 Å². The molecule has 0 radical (unpaired) electrons. The lowest BCUT2D eigenvalue weighted by Crippen LogP contribution is -2.30. The number of nitrogens with one attached hydrogen (secondary N) is 1. The van der Waals surface area contributed by atoms with Crippen molar-refractivity contribution in [3.05, 3.63) is 22.4 Å². The molecule has 2 rings (SSSR count). The van der Waals surface area contributed by atoms with Crippen LogP contribution in [0, 0.1) is 0 Å². The summed E-state index contributed by atoms with van der Waals surface area (Å²) in [6.07, 6.45) is 6.68. The minimum absolute atomic E-state index is 0.849. The van der Waals surface area contributed by atoms with Crippen LogP contribution in [0.25, 0.3) is 0 Å². The van der Waals surface area contributed by atoms with E-state index in [0.29, 0.717) is 0 Å². The average molecular weight is 252 g/mol. The van der Waals surface area contributed by atoms with Gasteiger partial charge in [-0.1, -0.05) is 6.07 Å². The monoisotopic (exact) mass is 252 g/mol. The molecule has 17 heavy (non-hydrogen) atoms. The number of nitrogens with zero attached hydrogens (tertiary/aromatic N) is 1. The minimum Gasteiger partial charge on any atom is -0.313 e. The fourth-order valence-corrected chi connectivity index (χ4v) is 2.75. The molecule has 2 nitrogen and oxygen atoms in total. The van der Waals surface area contributed by atoms with Crippen LogP contribution in [0.3, 0.4) is 0 Å². The van der Waals surface area contributed by atoms with Gasteiger partial charge in [0.15, 0.2) is 0 Å². The molecule has 1 aliphatic carbocycles. The summed E-state index contributed by atoms with van der Waals surface area (Å²) in [6.45, 7) is 3.58. The third kappa shape index (κ3) is 5.66. The maximum absolute atomic E-state index is 3.56. The van der Waals surface area contributed by atoms with Gasteiger partial charge >= 0.3 is 0 Å². The third-order valence-corrected chi connectivity index (χ3v) is 4.23. The fourth-order valence-electron chi connectivity index (χ4n) is 1.99. The Hall–Kier alpha value is -0.380. The van der Waals surface area contributed by atoms with E-state index in [2.05, 4.69) is 34.8 Å². The molecule has 1 N–H and O–H groups in total. The quantitative estimate of drug-likeness (QED) is 0.680. The highest BCUT2D eigenvalue weighted by Gasteiger charge is 2.19. The van der Waals surface area contributed by atoms with Crippen molar-refractivity contribution in [1.29, 1.82) is 0 Å². The molecule has 1 aromatic rings. The van der Waals surface area contributed by atoms with Crippen LogP contribution in [0.1, 0.15) is 30.6 Å². The summed E-state index contributed by atoms with van der Waals surface area (Å²) >= 11 is 1.88. The summed E-state index contributed by atoms with van der Waals surface area (Å²) in [5.41, 5.74) is 0. The molecule has 0 spiro atoms. The van der Waals surface area contributed by atoms with Crippen LogP contribution in [0.2, 0.25) is 0 Å². The van der Waals surface area contributed by atoms with E-state index in [1.165, 1.54) is 50.1 Å². The molecule has 0 bridgehead atoms. The smallest absolute Gasteiger partial charge is 0.0104 e. The standard InChI is InChI=1S/C14H24N2S/c1-16(11-9-15-13-7-8-13)10-3-2-5-14-6-4-12-17-14/h4,6,12-13,15H,2-3,5,7-11H2,1H3. The van der Waals surface area contributed by atoms with Gasteiger partial charge in [-0.2, -0.15) is 0 Å². The lowest BCUT2D eigenvalue weighted by atomic mass is 10.2. The van der Waals surface area contributed by atoms with Gasteiger partial charge in [0, 0.05) is 24.0 Å². The van der Waals surface area contributed by atoms with E-state index in [1.54, 1.807) is 0 Å². The lowest BCUT2D eigenvalue weighted by Gasteiger charge is -2.16. The largest absolute Gasteiger partial charge is 0.313 e. The van der Waals surface area contributed by atoms with Gasteiger partial charge in [0.2, 0.25) is 0 Å². The zero-order valence-corrected chi connectivity index (χ0v) is 11.6. The summed E-state index contributed by atoms with van der Waals surface area (Å²) in [4.78, 5) is 3.98. The van der Waals surface area contributed by atoms with E-state index < -0.39 is 0 Å². The van der Waals surface area contributed by atoms with Crippen LogP contribution in [0.4, 0.5) is 0 Å². The molecule has 96 valence electrons. The van der Waals surface area contributed by atoms with Crippen molar-refractivity contribution in [3.8, 4) is 0 Å². The van der Waals surface area contributed by atoms with Crippen molar-refractivity contribution in [2.24, 2.45) is 0 Å². The molecule has 1 aliphatic rings. The van der Waals surface area contributed by atoms with Crippen molar-refractivity contribution in [3.63, 3.8) is 0 Å². The zero-order chi connectivity index (χ0) is 11.9. The summed E-state index contributed by atoms with van der Waals surface area (Å²) in [6, 6.07) is 5.24. The molecule has 1 fully saturated rings. The van der Waals surface area contributed by atoms with Crippen LogP contribution < -0.4 is 5.32 Å². The molecule has 0 atom stereocenters. The van der Waals surface area contributed by atoms with Gasteiger partial charge < -0.3 is 10.2 Å². The first-order valence-corrected chi connectivity index (χ1v) is 7.67. The maximum atomic E-state index is 3.56. The van der Waals surface area contributed by atoms with Crippen LogP contribution in [-0.2, 0) is 6.42 Å². The molecule has 3 heteroatoms. The number of thiophene rings is 1. The molecule has 0 unspecified atom stereocenters. The van der Waals surface area contributed by atoms with E-state index in [1.807, 2.05) is 11.3 Å². The second-order valence-electron chi connectivity index (χ2n) is 5.07. The highest BCUT2D eigenvalue weighted by atomic mass is 32.1. The Bertz CT molecular complexity index is 293. The number of likely N-dealkylation sites (N-methyl/N-ethyl adjacent to an activating group) is 1. The van der Waals surface area contributed by atoms with Crippen molar-refractivity contribution in [2.45, 2.75) is 38.1 Å². The Labute approximate surface area is 109 Å². The molecule has 0 amide bonds. The first-order chi connectivity index (χ1) is 8.34. The van der Waals surface area contributed by atoms with E-state index in [9.17, 15) is 0 Å². The molecule has 0 saturated heterocycles. The minimum atomic E-state index is 0.849. The second kappa shape index (κ2) is 7.14. The lowest BCUT2D eigenvalue weighted by molar-refractivity contribution is 0.323. The zero-order valence-electron chi connectivity index (χ0n) is 10.8. The number of rotatable bonds is 9. The first-order valence-electron chi connectivity index (χ1n) is 6.79. The van der Waals surface area contributed by atoms with Gasteiger partial charge in [0.1, 0.15) is 0 Å². The predicted molar refractivity (Wildman–Crippen MR) is 75.8 cm³/mol. The predicted octanol–water partition coefficient (Wildman–Crippen LogP) is 2.75. The van der Waals surface area contributed by atoms with Crippen LogP contribution in [0.15, 0.2) is 17.5 Å². The highest BCUT2D eigenvalue weighted by Crippen LogP contribution is 2.18. The molecule has 1 saturated carbocycles. The topological polar surface area (TPSA) is 15.3 Å². The van der Waals surface area contributed by atoms with Crippen molar-refractivity contribution >= 4 is 11.3 Å².